The van der Waals surface area contributed by atoms with Crippen LogP contribution in [0.3, 0.4) is 0 Å². The fraction of sp³-hybridized carbons (Fsp3) is 0.464. The first kappa shape index (κ1) is 22.8. The Labute approximate surface area is 192 Å². The Morgan fingerprint density at radius 1 is 1.19 bits per heavy atom. The summed E-state index contributed by atoms with van der Waals surface area (Å²) in [6, 6.07) is 18.3. The molecule has 3 saturated heterocycles. The van der Waals surface area contributed by atoms with Gasteiger partial charge in [-0.05, 0) is 72.5 Å². The molecule has 1 aromatic heterocycles. The van der Waals surface area contributed by atoms with E-state index in [0.29, 0.717) is 17.9 Å². The Balaban J connectivity index is 0.00000245. The van der Waals surface area contributed by atoms with Crippen LogP contribution < -0.4 is 4.74 Å². The standard InChI is InChI=1S/C27H32N2O2.CH4/c1-3-27(2)18-29-14-12-20(27)15-25(29)26(30)22-11-13-28-24-10-9-21(16-23(22)24)31-17-19-7-5-4-6-8-19;/h4-11,13,16,20,25-26,30H,3,12,14-15,17-18H2,1-2H3;1H4/t20?,25?,26-,27?;/m0./s1. The lowest BCUT2D eigenvalue weighted by molar-refractivity contribution is -0.0951. The second-order valence-corrected chi connectivity index (χ2v) is 9.56. The van der Waals surface area contributed by atoms with E-state index in [1.54, 1.807) is 0 Å². The molecule has 0 amide bonds. The van der Waals surface area contributed by atoms with E-state index in [-0.39, 0.29) is 13.5 Å². The summed E-state index contributed by atoms with van der Waals surface area (Å²) in [5.41, 5.74) is 3.38. The molecule has 0 spiro atoms. The van der Waals surface area contributed by atoms with Crippen molar-refractivity contribution in [3.05, 3.63) is 71.9 Å². The Kier molecular flexibility index (Phi) is 6.55. The normalized spacial score (nSPS) is 27.7. The van der Waals surface area contributed by atoms with Gasteiger partial charge in [0.15, 0.2) is 0 Å². The van der Waals surface area contributed by atoms with Gasteiger partial charge < -0.3 is 9.84 Å². The molecule has 2 aromatic carbocycles. The third-order valence-corrected chi connectivity index (χ3v) is 7.80. The van der Waals surface area contributed by atoms with Gasteiger partial charge >= 0.3 is 0 Å². The summed E-state index contributed by atoms with van der Waals surface area (Å²) < 4.78 is 6.05. The molecule has 6 rings (SSSR count). The molecule has 0 aliphatic carbocycles. The van der Waals surface area contributed by atoms with Gasteiger partial charge in [0.25, 0.3) is 0 Å². The van der Waals surface area contributed by atoms with Crippen LogP contribution in [0.1, 0.15) is 57.8 Å². The van der Waals surface area contributed by atoms with Gasteiger partial charge in [0.05, 0.1) is 11.6 Å². The van der Waals surface area contributed by atoms with Crippen LogP contribution in [0.5, 0.6) is 5.75 Å². The number of aliphatic hydroxyl groups excluding tert-OH is 1. The second-order valence-electron chi connectivity index (χ2n) is 9.56. The van der Waals surface area contributed by atoms with E-state index in [2.05, 4.69) is 35.9 Å². The summed E-state index contributed by atoms with van der Waals surface area (Å²) in [6.45, 7) is 7.43. The number of ether oxygens (including phenoxy) is 1. The van der Waals surface area contributed by atoms with Crippen LogP contribution in [0.4, 0.5) is 0 Å². The smallest absolute Gasteiger partial charge is 0.120 e. The highest BCUT2D eigenvalue weighted by atomic mass is 16.5. The Morgan fingerprint density at radius 2 is 2.00 bits per heavy atom. The summed E-state index contributed by atoms with van der Waals surface area (Å²) in [5.74, 6) is 1.50. The summed E-state index contributed by atoms with van der Waals surface area (Å²) in [6.07, 6.45) is 4.83. The number of hydrogen-bond donors (Lipinski definition) is 1. The minimum Gasteiger partial charge on any atom is -0.489 e. The van der Waals surface area contributed by atoms with E-state index >= 15 is 0 Å². The predicted molar refractivity (Wildman–Crippen MR) is 131 cm³/mol. The zero-order valence-corrected chi connectivity index (χ0v) is 18.5. The largest absolute Gasteiger partial charge is 0.489 e. The summed E-state index contributed by atoms with van der Waals surface area (Å²) >= 11 is 0. The van der Waals surface area contributed by atoms with Crippen LogP contribution in [-0.2, 0) is 6.61 Å². The highest BCUT2D eigenvalue weighted by Gasteiger charge is 2.48. The number of benzene rings is 2. The SMILES string of the molecule is C.CCC1(C)CN2CCC1CC2[C@@H](O)c1ccnc2ccc(OCc3ccccc3)cc12. The molecule has 4 nitrogen and oxygen atoms in total. The van der Waals surface area contributed by atoms with Crippen LogP contribution in [-0.4, -0.2) is 34.1 Å². The van der Waals surface area contributed by atoms with E-state index in [0.717, 1.165) is 47.3 Å². The minimum absolute atomic E-state index is 0. The maximum atomic E-state index is 11.5. The van der Waals surface area contributed by atoms with Crippen molar-refractivity contribution in [2.45, 2.75) is 59.3 Å². The lowest BCUT2D eigenvalue weighted by atomic mass is 9.63. The first-order chi connectivity index (χ1) is 15.1. The van der Waals surface area contributed by atoms with Crippen LogP contribution >= 0.6 is 0 Å². The van der Waals surface area contributed by atoms with E-state index in [1.165, 1.54) is 12.8 Å². The third-order valence-electron chi connectivity index (χ3n) is 7.80. The van der Waals surface area contributed by atoms with Crippen LogP contribution in [0.25, 0.3) is 10.9 Å². The first-order valence-corrected chi connectivity index (χ1v) is 11.5. The molecule has 4 heterocycles. The number of piperidine rings is 3. The average Bonchev–Trinajstić information content (AvgIpc) is 2.82. The van der Waals surface area contributed by atoms with Crippen molar-refractivity contribution in [3.8, 4) is 5.75 Å². The molecule has 0 radical (unpaired) electrons. The van der Waals surface area contributed by atoms with Gasteiger partial charge in [0.2, 0.25) is 0 Å². The monoisotopic (exact) mass is 432 g/mol. The van der Waals surface area contributed by atoms with Gasteiger partial charge in [0.1, 0.15) is 12.4 Å². The Morgan fingerprint density at radius 3 is 2.72 bits per heavy atom. The van der Waals surface area contributed by atoms with Crippen molar-refractivity contribution < 1.29 is 9.84 Å². The van der Waals surface area contributed by atoms with E-state index in [4.69, 9.17) is 4.74 Å². The molecule has 2 bridgehead atoms. The van der Waals surface area contributed by atoms with Gasteiger partial charge in [0, 0.05) is 24.2 Å². The van der Waals surface area contributed by atoms with Crippen molar-refractivity contribution >= 4 is 10.9 Å². The minimum atomic E-state index is -0.515. The number of nitrogens with zero attached hydrogens (tertiary/aromatic N) is 2. The zero-order valence-electron chi connectivity index (χ0n) is 18.5. The molecule has 3 aliphatic heterocycles. The molecule has 4 unspecified atom stereocenters. The topological polar surface area (TPSA) is 45.6 Å². The van der Waals surface area contributed by atoms with Gasteiger partial charge in [-0.3, -0.25) is 9.88 Å². The highest BCUT2D eigenvalue weighted by molar-refractivity contribution is 5.84. The first-order valence-electron chi connectivity index (χ1n) is 11.5. The van der Waals surface area contributed by atoms with Gasteiger partial charge in [-0.1, -0.05) is 51.6 Å². The molecule has 1 N–H and O–H groups in total. The number of pyridine rings is 1. The average molecular weight is 433 g/mol. The lowest BCUT2D eigenvalue weighted by Gasteiger charge is -2.56. The molecular weight excluding hydrogens is 396 g/mol. The Hall–Kier alpha value is -2.43. The summed E-state index contributed by atoms with van der Waals surface area (Å²) in [7, 11) is 0. The summed E-state index contributed by atoms with van der Waals surface area (Å²) in [4.78, 5) is 7.06. The number of rotatable bonds is 6. The fourth-order valence-corrected chi connectivity index (χ4v) is 5.64. The van der Waals surface area contributed by atoms with Crippen molar-refractivity contribution in [1.29, 1.82) is 0 Å². The van der Waals surface area contributed by atoms with Crippen LogP contribution in [0, 0.1) is 11.3 Å². The van der Waals surface area contributed by atoms with Gasteiger partial charge in [-0.2, -0.15) is 0 Å². The lowest BCUT2D eigenvalue weighted by Crippen LogP contribution is -2.59. The quantitative estimate of drug-likeness (QED) is 0.519. The maximum Gasteiger partial charge on any atom is 0.120 e. The van der Waals surface area contributed by atoms with Crippen molar-refractivity contribution in [1.82, 2.24) is 9.88 Å². The maximum absolute atomic E-state index is 11.5. The van der Waals surface area contributed by atoms with Crippen LogP contribution in [0.15, 0.2) is 60.8 Å². The highest BCUT2D eigenvalue weighted by Crippen LogP contribution is 2.49. The molecule has 0 saturated carbocycles. The second kappa shape index (κ2) is 9.21. The zero-order chi connectivity index (χ0) is 21.4. The van der Waals surface area contributed by atoms with Gasteiger partial charge in [-0.15, -0.1) is 0 Å². The van der Waals surface area contributed by atoms with Crippen molar-refractivity contribution in [2.75, 3.05) is 13.1 Å². The predicted octanol–water partition coefficient (Wildman–Crippen LogP) is 5.99. The van der Waals surface area contributed by atoms with Crippen molar-refractivity contribution in [2.24, 2.45) is 11.3 Å². The molecular formula is C28H36N2O2. The Bertz CT molecular complexity index is 1050. The number of fused-ring (bicyclic) bond motifs is 4. The van der Waals surface area contributed by atoms with E-state index < -0.39 is 6.10 Å². The number of aliphatic hydroxyl groups is 1. The fourth-order valence-electron chi connectivity index (χ4n) is 5.64. The molecule has 3 aliphatic rings. The molecule has 5 atom stereocenters. The van der Waals surface area contributed by atoms with E-state index in [9.17, 15) is 5.11 Å². The third kappa shape index (κ3) is 4.14. The molecule has 32 heavy (non-hydrogen) atoms. The van der Waals surface area contributed by atoms with Crippen molar-refractivity contribution in [3.63, 3.8) is 0 Å². The molecule has 4 heteroatoms. The molecule has 170 valence electrons. The number of aromatic nitrogens is 1. The van der Waals surface area contributed by atoms with Gasteiger partial charge in [-0.25, -0.2) is 0 Å². The van der Waals surface area contributed by atoms with E-state index in [1.807, 2.05) is 48.7 Å². The number of hydrogen-bond acceptors (Lipinski definition) is 4. The molecule has 3 fully saturated rings. The van der Waals surface area contributed by atoms with Crippen LogP contribution in [0.2, 0.25) is 0 Å². The molecule has 3 aromatic rings. The summed E-state index contributed by atoms with van der Waals surface area (Å²) in [5, 5.41) is 12.5.